The Kier molecular flexibility index (Phi) is 4.91. The molecule has 19 heavy (non-hydrogen) atoms. The third kappa shape index (κ3) is 3.93. The molecule has 2 aliphatic rings. The second-order valence-electron chi connectivity index (χ2n) is 7.62. The molecule has 0 aromatic rings. The molecule has 3 nitrogen and oxygen atoms in total. The number of hydrogen-bond acceptors (Lipinski definition) is 3. The van der Waals surface area contributed by atoms with Crippen LogP contribution >= 0.6 is 0 Å². The predicted octanol–water partition coefficient (Wildman–Crippen LogP) is 2.68. The van der Waals surface area contributed by atoms with Crippen molar-refractivity contribution in [3.63, 3.8) is 0 Å². The van der Waals surface area contributed by atoms with Crippen LogP contribution < -0.4 is 0 Å². The molecule has 1 aliphatic heterocycles. The first-order valence-corrected chi connectivity index (χ1v) is 7.85. The van der Waals surface area contributed by atoms with Gasteiger partial charge in [-0.3, -0.25) is 0 Å². The zero-order valence-electron chi connectivity index (χ0n) is 13.0. The van der Waals surface area contributed by atoms with E-state index in [-0.39, 0.29) is 12.0 Å². The van der Waals surface area contributed by atoms with E-state index < -0.39 is 0 Å². The van der Waals surface area contributed by atoms with Gasteiger partial charge in [0.25, 0.3) is 0 Å². The van der Waals surface area contributed by atoms with Crippen LogP contribution in [-0.4, -0.2) is 49.5 Å². The Bertz CT molecular complexity index is 274. The summed E-state index contributed by atoms with van der Waals surface area (Å²) in [6.45, 7) is 7.60. The minimum absolute atomic E-state index is 0.0139. The van der Waals surface area contributed by atoms with Gasteiger partial charge in [0.05, 0.1) is 13.2 Å². The molecule has 2 fully saturated rings. The molecule has 0 amide bonds. The Morgan fingerprint density at radius 3 is 2.42 bits per heavy atom. The molecule has 1 N–H and O–H groups in total. The molecule has 1 saturated heterocycles. The molecule has 1 aliphatic carbocycles. The monoisotopic (exact) mass is 269 g/mol. The minimum atomic E-state index is -0.0139. The van der Waals surface area contributed by atoms with Crippen LogP contribution in [-0.2, 0) is 4.74 Å². The standard InChI is InChI=1S/C16H31NO2/c1-15(2)8-5-14(6-9-15)17(3)11-16(12-18)7-4-10-19-13-16/h14,18H,4-13H2,1-3H3. The average molecular weight is 269 g/mol. The fraction of sp³-hybridized carbons (Fsp3) is 1.00. The van der Waals surface area contributed by atoms with Crippen molar-refractivity contribution in [2.75, 3.05) is 33.4 Å². The summed E-state index contributed by atoms with van der Waals surface area (Å²) in [5.74, 6) is 0. The highest BCUT2D eigenvalue weighted by Crippen LogP contribution is 2.38. The summed E-state index contributed by atoms with van der Waals surface area (Å²) in [5, 5.41) is 9.77. The van der Waals surface area contributed by atoms with Crippen molar-refractivity contribution in [2.45, 2.75) is 58.4 Å². The molecule has 0 radical (unpaired) electrons. The fourth-order valence-corrected chi connectivity index (χ4v) is 3.69. The number of aliphatic hydroxyl groups excluding tert-OH is 1. The molecule has 1 atom stereocenters. The lowest BCUT2D eigenvalue weighted by atomic mass is 9.74. The van der Waals surface area contributed by atoms with E-state index in [1.807, 2.05) is 0 Å². The first kappa shape index (κ1) is 15.3. The topological polar surface area (TPSA) is 32.7 Å². The molecule has 0 aromatic heterocycles. The van der Waals surface area contributed by atoms with E-state index in [1.54, 1.807) is 0 Å². The lowest BCUT2D eigenvalue weighted by Gasteiger charge is -2.44. The Morgan fingerprint density at radius 2 is 1.89 bits per heavy atom. The first-order chi connectivity index (χ1) is 8.96. The van der Waals surface area contributed by atoms with Gasteiger partial charge in [-0.15, -0.1) is 0 Å². The zero-order chi connectivity index (χ0) is 13.9. The molecule has 3 heteroatoms. The Balaban J connectivity index is 1.87. The second kappa shape index (κ2) is 6.11. The molecule has 1 unspecified atom stereocenters. The fourth-order valence-electron chi connectivity index (χ4n) is 3.69. The van der Waals surface area contributed by atoms with Crippen LogP contribution in [0.5, 0.6) is 0 Å². The Morgan fingerprint density at radius 1 is 1.21 bits per heavy atom. The minimum Gasteiger partial charge on any atom is -0.396 e. The summed E-state index contributed by atoms with van der Waals surface area (Å²) in [6.07, 6.45) is 7.44. The van der Waals surface area contributed by atoms with Gasteiger partial charge in [-0.05, 0) is 51.0 Å². The Hall–Kier alpha value is -0.120. The summed E-state index contributed by atoms with van der Waals surface area (Å²) >= 11 is 0. The van der Waals surface area contributed by atoms with Crippen molar-refractivity contribution in [3.8, 4) is 0 Å². The lowest BCUT2D eigenvalue weighted by Crippen LogP contribution is -2.48. The highest BCUT2D eigenvalue weighted by Gasteiger charge is 2.36. The number of nitrogens with zero attached hydrogens (tertiary/aromatic N) is 1. The highest BCUT2D eigenvalue weighted by molar-refractivity contribution is 4.88. The summed E-state index contributed by atoms with van der Waals surface area (Å²) in [4.78, 5) is 2.49. The quantitative estimate of drug-likeness (QED) is 0.851. The van der Waals surface area contributed by atoms with Crippen molar-refractivity contribution in [3.05, 3.63) is 0 Å². The van der Waals surface area contributed by atoms with Crippen LogP contribution in [0.25, 0.3) is 0 Å². The van der Waals surface area contributed by atoms with Gasteiger partial charge in [0, 0.05) is 24.6 Å². The maximum atomic E-state index is 9.77. The van der Waals surface area contributed by atoms with Crippen molar-refractivity contribution in [1.82, 2.24) is 4.90 Å². The summed E-state index contributed by atoms with van der Waals surface area (Å²) in [7, 11) is 2.23. The highest BCUT2D eigenvalue weighted by atomic mass is 16.5. The number of aliphatic hydroxyl groups is 1. The number of hydrogen-bond donors (Lipinski definition) is 1. The molecule has 0 aromatic carbocycles. The third-order valence-electron chi connectivity index (χ3n) is 5.26. The predicted molar refractivity (Wildman–Crippen MR) is 78.2 cm³/mol. The van der Waals surface area contributed by atoms with Crippen LogP contribution in [0.3, 0.4) is 0 Å². The smallest absolute Gasteiger partial charge is 0.0556 e. The van der Waals surface area contributed by atoms with E-state index in [4.69, 9.17) is 4.74 Å². The van der Waals surface area contributed by atoms with Crippen molar-refractivity contribution in [2.24, 2.45) is 10.8 Å². The summed E-state index contributed by atoms with van der Waals surface area (Å²) < 4.78 is 5.61. The SMILES string of the molecule is CN(CC1(CO)CCCOC1)C1CCC(C)(C)CC1. The maximum Gasteiger partial charge on any atom is 0.0556 e. The van der Waals surface area contributed by atoms with Crippen molar-refractivity contribution >= 4 is 0 Å². The molecular formula is C16H31NO2. The average Bonchev–Trinajstić information content (AvgIpc) is 2.39. The van der Waals surface area contributed by atoms with Gasteiger partial charge in [0.15, 0.2) is 0 Å². The molecule has 2 rings (SSSR count). The molecule has 0 bridgehead atoms. The van der Waals surface area contributed by atoms with Gasteiger partial charge >= 0.3 is 0 Å². The third-order valence-corrected chi connectivity index (χ3v) is 5.26. The zero-order valence-corrected chi connectivity index (χ0v) is 13.0. The van der Waals surface area contributed by atoms with Gasteiger partial charge in [0.1, 0.15) is 0 Å². The van der Waals surface area contributed by atoms with E-state index in [9.17, 15) is 5.11 Å². The van der Waals surface area contributed by atoms with E-state index in [1.165, 1.54) is 25.7 Å². The largest absolute Gasteiger partial charge is 0.396 e. The lowest BCUT2D eigenvalue weighted by molar-refractivity contribution is -0.0603. The Labute approximate surface area is 118 Å². The van der Waals surface area contributed by atoms with Gasteiger partial charge in [-0.2, -0.15) is 0 Å². The second-order valence-corrected chi connectivity index (χ2v) is 7.62. The van der Waals surface area contributed by atoms with Crippen molar-refractivity contribution < 1.29 is 9.84 Å². The summed E-state index contributed by atoms with van der Waals surface area (Å²) in [5.41, 5.74) is 0.514. The number of ether oxygens (including phenoxy) is 1. The van der Waals surface area contributed by atoms with E-state index in [2.05, 4.69) is 25.8 Å². The molecule has 1 heterocycles. The number of rotatable bonds is 4. The molecule has 0 spiro atoms. The van der Waals surface area contributed by atoms with Crippen molar-refractivity contribution in [1.29, 1.82) is 0 Å². The van der Waals surface area contributed by atoms with Gasteiger partial charge in [0.2, 0.25) is 0 Å². The van der Waals surface area contributed by atoms with E-state index in [0.717, 1.165) is 32.6 Å². The maximum absolute atomic E-state index is 9.77. The van der Waals surface area contributed by atoms with E-state index in [0.29, 0.717) is 11.5 Å². The van der Waals surface area contributed by atoms with Gasteiger partial charge < -0.3 is 14.7 Å². The van der Waals surface area contributed by atoms with Gasteiger partial charge in [-0.25, -0.2) is 0 Å². The molecular weight excluding hydrogens is 238 g/mol. The molecule has 112 valence electrons. The van der Waals surface area contributed by atoms with E-state index >= 15 is 0 Å². The van der Waals surface area contributed by atoms with Crippen LogP contribution in [0.1, 0.15) is 52.4 Å². The first-order valence-electron chi connectivity index (χ1n) is 7.85. The van der Waals surface area contributed by atoms with Crippen LogP contribution in [0.2, 0.25) is 0 Å². The molecule has 1 saturated carbocycles. The van der Waals surface area contributed by atoms with Crippen LogP contribution in [0.4, 0.5) is 0 Å². The summed E-state index contributed by atoms with van der Waals surface area (Å²) in [6, 6.07) is 0.693. The van der Waals surface area contributed by atoms with Crippen LogP contribution in [0.15, 0.2) is 0 Å². The van der Waals surface area contributed by atoms with Gasteiger partial charge in [-0.1, -0.05) is 13.8 Å². The normalized spacial score (nSPS) is 32.7. The van der Waals surface area contributed by atoms with Crippen LogP contribution in [0, 0.1) is 10.8 Å².